The Balaban J connectivity index is 1.68. The summed E-state index contributed by atoms with van der Waals surface area (Å²) in [5.41, 5.74) is 9.70. The van der Waals surface area contributed by atoms with Gasteiger partial charge in [-0.1, -0.05) is 6.07 Å². The van der Waals surface area contributed by atoms with Crippen LogP contribution in [0.1, 0.15) is 12.7 Å². The number of nitrogen functional groups attached to an aromatic ring is 1. The van der Waals surface area contributed by atoms with Crippen LogP contribution in [0.5, 0.6) is 0 Å². The van der Waals surface area contributed by atoms with Crippen LogP contribution in [0.4, 0.5) is 27.8 Å². The summed E-state index contributed by atoms with van der Waals surface area (Å²) >= 11 is 0. The molecule has 0 bridgehead atoms. The molecule has 9 heteroatoms. The lowest BCUT2D eigenvalue weighted by Crippen LogP contribution is -2.28. The van der Waals surface area contributed by atoms with Crippen LogP contribution < -0.4 is 21.7 Å². The van der Waals surface area contributed by atoms with E-state index in [0.717, 1.165) is 17.0 Å². The van der Waals surface area contributed by atoms with E-state index in [1.165, 1.54) is 0 Å². The average molecular weight is 402 g/mol. The second-order valence-corrected chi connectivity index (χ2v) is 6.65. The lowest BCUT2D eigenvalue weighted by molar-refractivity contribution is 0.252. The van der Waals surface area contributed by atoms with Crippen molar-refractivity contribution in [3.8, 4) is 11.4 Å². The average Bonchev–Trinajstić information content (AvgIpc) is 3.06. The molecule has 0 saturated heterocycles. The first kappa shape index (κ1) is 19.2. The van der Waals surface area contributed by atoms with Gasteiger partial charge < -0.3 is 21.7 Å². The number of anilines is 4. The van der Waals surface area contributed by atoms with Crippen LogP contribution in [0.3, 0.4) is 0 Å². The number of aryl methyl sites for hydroxylation is 1. The minimum absolute atomic E-state index is 0.238. The number of urea groups is 1. The molecular weight excluding hydrogens is 380 g/mol. The van der Waals surface area contributed by atoms with E-state index in [9.17, 15) is 4.79 Å². The maximum Gasteiger partial charge on any atom is 0.319 e. The number of aromatic nitrogens is 4. The van der Waals surface area contributed by atoms with Crippen LogP contribution in [-0.4, -0.2) is 31.9 Å². The molecule has 0 aliphatic carbocycles. The predicted octanol–water partition coefficient (Wildman–Crippen LogP) is 3.57. The fourth-order valence-corrected chi connectivity index (χ4v) is 3.15. The van der Waals surface area contributed by atoms with E-state index in [2.05, 4.69) is 25.9 Å². The molecule has 3 aromatic heterocycles. The van der Waals surface area contributed by atoms with E-state index >= 15 is 0 Å². The van der Waals surface area contributed by atoms with Gasteiger partial charge in [0.2, 0.25) is 0 Å². The van der Waals surface area contributed by atoms with Gasteiger partial charge in [0.25, 0.3) is 0 Å². The molecule has 0 spiro atoms. The highest BCUT2D eigenvalue weighted by Gasteiger charge is 2.16. The number of carbonyl (C=O) groups excluding carboxylic acids is 1. The minimum Gasteiger partial charge on any atom is -0.384 e. The lowest BCUT2D eigenvalue weighted by Gasteiger charge is -2.10. The number of nitrogens with one attached hydrogen (secondary N) is 3. The third-order valence-electron chi connectivity index (χ3n) is 4.37. The molecule has 0 atom stereocenters. The maximum atomic E-state index is 11.7. The highest BCUT2D eigenvalue weighted by molar-refractivity contribution is 5.89. The number of nitrogens with two attached hydrogens (primary N) is 1. The number of hydrogen-bond donors (Lipinski definition) is 4. The van der Waals surface area contributed by atoms with Gasteiger partial charge >= 0.3 is 6.03 Å². The Morgan fingerprint density at radius 2 is 1.83 bits per heavy atom. The van der Waals surface area contributed by atoms with Gasteiger partial charge in [-0.25, -0.2) is 19.7 Å². The summed E-state index contributed by atoms with van der Waals surface area (Å²) in [5.74, 6) is 1.63. The Morgan fingerprint density at radius 3 is 2.57 bits per heavy atom. The third-order valence-corrected chi connectivity index (χ3v) is 4.37. The number of fused-ring (bicyclic) bond motifs is 1. The normalized spacial score (nSPS) is 10.7. The molecule has 2 amide bonds. The summed E-state index contributed by atoms with van der Waals surface area (Å²) in [6.45, 7) is 4.23. The van der Waals surface area contributed by atoms with Crippen molar-refractivity contribution in [3.05, 3.63) is 60.6 Å². The zero-order chi connectivity index (χ0) is 21.1. The van der Waals surface area contributed by atoms with Crippen molar-refractivity contribution in [2.24, 2.45) is 0 Å². The maximum absolute atomic E-state index is 11.7. The molecule has 0 aliphatic rings. The highest BCUT2D eigenvalue weighted by atomic mass is 16.2. The number of pyridine rings is 1. The topological polar surface area (TPSA) is 122 Å². The predicted molar refractivity (Wildman–Crippen MR) is 118 cm³/mol. The van der Waals surface area contributed by atoms with Crippen LogP contribution in [-0.2, 0) is 0 Å². The first-order valence-corrected chi connectivity index (χ1v) is 9.54. The Bertz CT molecular complexity index is 1180. The third kappa shape index (κ3) is 4.00. The Labute approximate surface area is 173 Å². The van der Waals surface area contributed by atoms with Crippen molar-refractivity contribution in [1.29, 1.82) is 0 Å². The Morgan fingerprint density at radius 1 is 1.07 bits per heavy atom. The molecule has 0 aliphatic heterocycles. The second-order valence-electron chi connectivity index (χ2n) is 6.65. The van der Waals surface area contributed by atoms with Gasteiger partial charge in [-0.2, -0.15) is 0 Å². The summed E-state index contributed by atoms with van der Waals surface area (Å²) in [6, 6.07) is 14.7. The van der Waals surface area contributed by atoms with Gasteiger partial charge in [0.15, 0.2) is 5.82 Å². The molecule has 4 aromatic rings. The number of nitrogens with zero attached hydrogens (tertiary/aromatic N) is 4. The summed E-state index contributed by atoms with van der Waals surface area (Å²) in [7, 11) is 0. The van der Waals surface area contributed by atoms with Crippen molar-refractivity contribution < 1.29 is 4.79 Å². The van der Waals surface area contributed by atoms with Crippen molar-refractivity contribution >= 4 is 34.7 Å². The quantitative estimate of drug-likeness (QED) is 0.405. The first-order valence-electron chi connectivity index (χ1n) is 9.54. The molecule has 4 rings (SSSR count). The summed E-state index contributed by atoms with van der Waals surface area (Å²) < 4.78 is 1.95. The first-order chi connectivity index (χ1) is 14.5. The molecule has 0 unspecified atom stereocenters. The van der Waals surface area contributed by atoms with E-state index in [-0.39, 0.29) is 6.03 Å². The number of benzene rings is 1. The van der Waals surface area contributed by atoms with Gasteiger partial charge in [0.05, 0.1) is 5.69 Å². The molecule has 152 valence electrons. The van der Waals surface area contributed by atoms with E-state index in [1.54, 1.807) is 13.0 Å². The van der Waals surface area contributed by atoms with Crippen molar-refractivity contribution in [1.82, 2.24) is 24.7 Å². The molecule has 0 saturated carbocycles. The summed E-state index contributed by atoms with van der Waals surface area (Å²) in [6.07, 6.45) is 1.93. The van der Waals surface area contributed by atoms with E-state index < -0.39 is 0 Å². The van der Waals surface area contributed by atoms with Crippen molar-refractivity contribution in [2.45, 2.75) is 13.8 Å². The van der Waals surface area contributed by atoms with Gasteiger partial charge in [-0.05, 0) is 50.2 Å². The molecule has 5 N–H and O–H groups in total. The Hall–Kier alpha value is -4.14. The number of hydrogen-bond acceptors (Lipinski definition) is 6. The standard InChI is InChI=1S/C21H22N8O/c1-3-23-21(30)27-15-9-7-14(8-10-15)26-20-19(16-12-17(22)25-13(2)24-16)29-11-5-4-6-18(29)28-20/h4-12,26H,3H2,1-2H3,(H2,22,24,25)(H2,23,27,30). The fourth-order valence-electron chi connectivity index (χ4n) is 3.15. The van der Waals surface area contributed by atoms with E-state index in [4.69, 9.17) is 10.7 Å². The van der Waals surface area contributed by atoms with E-state index in [1.807, 2.05) is 60.0 Å². The zero-order valence-corrected chi connectivity index (χ0v) is 16.7. The number of carbonyl (C=O) groups is 1. The summed E-state index contributed by atoms with van der Waals surface area (Å²) in [5, 5.41) is 8.82. The van der Waals surface area contributed by atoms with Crippen molar-refractivity contribution in [3.63, 3.8) is 0 Å². The second kappa shape index (κ2) is 8.08. The zero-order valence-electron chi connectivity index (χ0n) is 16.7. The van der Waals surface area contributed by atoms with Crippen LogP contribution in [0.15, 0.2) is 54.7 Å². The fraction of sp³-hybridized carbons (Fsp3) is 0.143. The molecule has 9 nitrogen and oxygen atoms in total. The van der Waals surface area contributed by atoms with Gasteiger partial charge in [-0.15, -0.1) is 0 Å². The van der Waals surface area contributed by atoms with Gasteiger partial charge in [0, 0.05) is 30.2 Å². The largest absolute Gasteiger partial charge is 0.384 e. The van der Waals surface area contributed by atoms with Gasteiger partial charge in [-0.3, -0.25) is 4.40 Å². The lowest BCUT2D eigenvalue weighted by atomic mass is 10.2. The van der Waals surface area contributed by atoms with Crippen LogP contribution in [0.2, 0.25) is 0 Å². The molecule has 30 heavy (non-hydrogen) atoms. The molecule has 1 aromatic carbocycles. The minimum atomic E-state index is -0.238. The monoisotopic (exact) mass is 402 g/mol. The molecule has 0 radical (unpaired) electrons. The summed E-state index contributed by atoms with van der Waals surface area (Å²) in [4.78, 5) is 25.1. The van der Waals surface area contributed by atoms with Crippen molar-refractivity contribution in [2.75, 3.05) is 22.9 Å². The van der Waals surface area contributed by atoms with Gasteiger partial charge in [0.1, 0.15) is 23.0 Å². The molecular formula is C21H22N8O. The SMILES string of the molecule is CCNC(=O)Nc1ccc(Nc2nc3ccccn3c2-c2cc(N)nc(C)n2)cc1. The molecule has 0 fully saturated rings. The number of imidazole rings is 1. The highest BCUT2D eigenvalue weighted by Crippen LogP contribution is 2.31. The van der Waals surface area contributed by atoms with Crippen LogP contribution >= 0.6 is 0 Å². The van der Waals surface area contributed by atoms with E-state index in [0.29, 0.717) is 35.4 Å². The smallest absolute Gasteiger partial charge is 0.319 e. The number of amides is 2. The Kier molecular flexibility index (Phi) is 5.17. The number of rotatable bonds is 5. The molecule has 3 heterocycles. The van der Waals surface area contributed by atoms with Crippen LogP contribution in [0.25, 0.3) is 17.0 Å². The van der Waals surface area contributed by atoms with Crippen LogP contribution in [0, 0.1) is 6.92 Å².